The Morgan fingerprint density at radius 2 is 0.806 bits per heavy atom. The summed E-state index contributed by atoms with van der Waals surface area (Å²) in [5.41, 5.74) is 8.24. The van der Waals surface area contributed by atoms with Crippen LogP contribution in [0.4, 0.5) is 0 Å². The molecule has 4 aromatic rings. The van der Waals surface area contributed by atoms with Gasteiger partial charge >= 0.3 is 0 Å². The summed E-state index contributed by atoms with van der Waals surface area (Å²) < 4.78 is 0. The lowest BCUT2D eigenvalue weighted by atomic mass is 10.0. The van der Waals surface area contributed by atoms with Crippen molar-refractivity contribution in [2.45, 2.75) is 69.2 Å². The molecule has 0 aromatic heterocycles. The van der Waals surface area contributed by atoms with Crippen molar-refractivity contribution in [3.05, 3.63) is 128 Å². The van der Waals surface area contributed by atoms with Gasteiger partial charge in [-0.3, -0.25) is 10.1 Å². The third-order valence-corrected chi connectivity index (χ3v) is 5.32. The van der Waals surface area contributed by atoms with Crippen LogP contribution in [0.3, 0.4) is 0 Å². The van der Waals surface area contributed by atoms with Crippen LogP contribution in [0.5, 0.6) is 0 Å². The zero-order chi connectivity index (χ0) is 28.1. The Morgan fingerprint density at radius 3 is 1.14 bits per heavy atom. The van der Waals surface area contributed by atoms with Crippen molar-refractivity contribution in [2.24, 2.45) is 0 Å². The van der Waals surface area contributed by atoms with Gasteiger partial charge in [-0.05, 0) is 85.7 Å². The van der Waals surface area contributed by atoms with E-state index in [4.69, 9.17) is 10.1 Å². The first kappa shape index (κ1) is 34.7. The number of hydrogen-bond donors (Lipinski definition) is 0. The van der Waals surface area contributed by atoms with E-state index in [0.29, 0.717) is 0 Å². The van der Waals surface area contributed by atoms with E-state index in [0.717, 1.165) is 7.05 Å². The summed E-state index contributed by atoms with van der Waals surface area (Å²) in [7, 11) is 0.889. The smallest absolute Gasteiger partial charge is 0.194 e. The standard InChI is InChI=1S/C12H12.2C8H10.2C2H6.CH3NO2/c1-9-7-8-11-5-3-4-6-12(11)10(9)2;2*1-7-5-3-4-6-8(7)2;2*1-2;1-2(3)4/h3-8H,1-2H3;2*3-6H,1-2H3;2*1-2H3;1H3. The summed E-state index contributed by atoms with van der Waals surface area (Å²) in [6, 6.07) is 29.6. The number of hydrogen-bond acceptors (Lipinski definition) is 2. The molecule has 3 nitrogen and oxygen atoms in total. The third-order valence-electron chi connectivity index (χ3n) is 5.32. The van der Waals surface area contributed by atoms with Gasteiger partial charge in [-0.1, -0.05) is 113 Å². The average Bonchev–Trinajstić information content (AvgIpc) is 2.88. The zero-order valence-electron chi connectivity index (χ0n) is 24.3. The Bertz CT molecular complexity index is 1040. The van der Waals surface area contributed by atoms with E-state index in [1.807, 2.05) is 27.7 Å². The van der Waals surface area contributed by atoms with E-state index in [1.165, 1.54) is 44.2 Å². The first-order valence-electron chi connectivity index (χ1n) is 12.7. The van der Waals surface area contributed by atoms with Gasteiger partial charge in [-0.25, -0.2) is 0 Å². The predicted octanol–water partition coefficient (Wildman–Crippen LogP) is 10.0. The first-order valence-corrected chi connectivity index (χ1v) is 12.7. The number of nitrogens with zero attached hydrogens (tertiary/aromatic N) is 1. The fraction of sp³-hybridized carbons (Fsp3) is 0.333. The fourth-order valence-electron chi connectivity index (χ4n) is 2.86. The molecule has 0 saturated carbocycles. The maximum absolute atomic E-state index is 8.81. The minimum absolute atomic E-state index is 0.500. The normalized spacial score (nSPS) is 8.64. The monoisotopic (exact) mass is 489 g/mol. The molecule has 0 bridgehead atoms. The highest BCUT2D eigenvalue weighted by atomic mass is 16.6. The van der Waals surface area contributed by atoms with E-state index in [9.17, 15) is 0 Å². The second-order valence-electron chi connectivity index (χ2n) is 7.84. The topological polar surface area (TPSA) is 43.1 Å². The minimum atomic E-state index is -0.500. The van der Waals surface area contributed by atoms with Gasteiger partial charge in [0.2, 0.25) is 0 Å². The van der Waals surface area contributed by atoms with Gasteiger partial charge in [0.15, 0.2) is 7.05 Å². The maximum Gasteiger partial charge on any atom is 0.194 e. The first-order chi connectivity index (χ1) is 17.1. The molecule has 0 amide bonds. The number of rotatable bonds is 0. The van der Waals surface area contributed by atoms with Gasteiger partial charge in [0.1, 0.15) is 0 Å². The molecule has 196 valence electrons. The molecule has 0 spiro atoms. The molecule has 0 N–H and O–H groups in total. The highest BCUT2D eigenvalue weighted by molar-refractivity contribution is 5.86. The van der Waals surface area contributed by atoms with Crippen molar-refractivity contribution >= 4 is 10.8 Å². The molecular weight excluding hydrogens is 442 g/mol. The van der Waals surface area contributed by atoms with Crippen LogP contribution in [-0.4, -0.2) is 12.0 Å². The fourth-order valence-corrected chi connectivity index (χ4v) is 2.86. The Kier molecular flexibility index (Phi) is 20.1. The van der Waals surface area contributed by atoms with Gasteiger partial charge < -0.3 is 0 Å². The molecule has 4 aromatic carbocycles. The number of aryl methyl sites for hydroxylation is 6. The molecule has 0 aliphatic rings. The summed E-state index contributed by atoms with van der Waals surface area (Å²) in [5, 5.41) is 11.5. The molecule has 0 aliphatic heterocycles. The van der Waals surface area contributed by atoms with E-state index in [-0.39, 0.29) is 0 Å². The lowest BCUT2D eigenvalue weighted by Crippen LogP contribution is -1.82. The molecule has 0 fully saturated rings. The molecular formula is C33H47NO2. The van der Waals surface area contributed by atoms with Crippen LogP contribution in [0.2, 0.25) is 0 Å². The lowest BCUT2D eigenvalue weighted by Gasteiger charge is -2.04. The van der Waals surface area contributed by atoms with Gasteiger partial charge in [0.25, 0.3) is 0 Å². The van der Waals surface area contributed by atoms with E-state index in [1.54, 1.807) is 0 Å². The Balaban J connectivity index is 0. The van der Waals surface area contributed by atoms with Crippen molar-refractivity contribution in [1.82, 2.24) is 0 Å². The van der Waals surface area contributed by atoms with Crippen LogP contribution in [-0.2, 0) is 0 Å². The lowest BCUT2D eigenvalue weighted by molar-refractivity contribution is -0.445. The molecule has 0 radical (unpaired) electrons. The van der Waals surface area contributed by atoms with Crippen LogP contribution in [0.15, 0.2) is 84.9 Å². The largest absolute Gasteiger partial charge is 0.265 e. The summed E-state index contributed by atoms with van der Waals surface area (Å²) >= 11 is 0. The van der Waals surface area contributed by atoms with E-state index < -0.39 is 4.92 Å². The van der Waals surface area contributed by atoms with Crippen molar-refractivity contribution in [3.8, 4) is 0 Å². The molecule has 0 atom stereocenters. The van der Waals surface area contributed by atoms with Crippen LogP contribution in [0.1, 0.15) is 61.1 Å². The summed E-state index contributed by atoms with van der Waals surface area (Å²) in [6.07, 6.45) is 0. The highest BCUT2D eigenvalue weighted by Gasteiger charge is 1.97. The van der Waals surface area contributed by atoms with Gasteiger partial charge in [-0.2, -0.15) is 0 Å². The molecule has 4 rings (SSSR count). The molecule has 36 heavy (non-hydrogen) atoms. The number of benzene rings is 4. The zero-order valence-corrected chi connectivity index (χ0v) is 24.3. The minimum Gasteiger partial charge on any atom is -0.265 e. The van der Waals surface area contributed by atoms with Crippen LogP contribution >= 0.6 is 0 Å². The predicted molar refractivity (Wildman–Crippen MR) is 161 cm³/mol. The van der Waals surface area contributed by atoms with Crippen LogP contribution < -0.4 is 0 Å². The van der Waals surface area contributed by atoms with Crippen LogP contribution in [0.25, 0.3) is 10.8 Å². The second-order valence-corrected chi connectivity index (χ2v) is 7.84. The average molecular weight is 490 g/mol. The Morgan fingerprint density at radius 1 is 0.500 bits per heavy atom. The molecule has 0 aliphatic carbocycles. The van der Waals surface area contributed by atoms with Gasteiger partial charge in [-0.15, -0.1) is 0 Å². The van der Waals surface area contributed by atoms with E-state index >= 15 is 0 Å². The number of fused-ring (bicyclic) bond motifs is 1. The third kappa shape index (κ3) is 14.7. The maximum atomic E-state index is 8.81. The summed E-state index contributed by atoms with van der Waals surface area (Å²) in [4.78, 5) is 8.31. The Hall–Kier alpha value is -3.46. The highest BCUT2D eigenvalue weighted by Crippen LogP contribution is 2.20. The van der Waals surface area contributed by atoms with Crippen molar-refractivity contribution in [2.75, 3.05) is 7.05 Å². The SMILES string of the molecule is CC.CC.C[N+](=O)[O-].Cc1ccc2ccccc2c1C.Cc1ccccc1C.Cc1ccccc1C. The quantitative estimate of drug-likeness (QED) is 0.182. The molecule has 0 heterocycles. The van der Waals surface area contributed by atoms with Crippen molar-refractivity contribution in [1.29, 1.82) is 0 Å². The van der Waals surface area contributed by atoms with E-state index in [2.05, 4.69) is 126 Å². The second kappa shape index (κ2) is 20.9. The van der Waals surface area contributed by atoms with Crippen LogP contribution in [0, 0.1) is 51.7 Å². The van der Waals surface area contributed by atoms with Gasteiger partial charge in [0.05, 0.1) is 0 Å². The molecule has 0 saturated heterocycles. The summed E-state index contributed by atoms with van der Waals surface area (Å²) in [5.74, 6) is 0. The van der Waals surface area contributed by atoms with Crippen molar-refractivity contribution in [3.63, 3.8) is 0 Å². The Labute approximate surface area is 220 Å². The summed E-state index contributed by atoms with van der Waals surface area (Å²) in [6.45, 7) is 20.8. The van der Waals surface area contributed by atoms with Gasteiger partial charge in [0, 0.05) is 4.92 Å². The van der Waals surface area contributed by atoms with Crippen molar-refractivity contribution < 1.29 is 4.92 Å². The molecule has 0 unspecified atom stereocenters. The molecule has 3 heteroatoms. The number of nitro groups is 1.